The number of likely N-dealkylation sites (tertiary alicyclic amines) is 1. The van der Waals surface area contributed by atoms with Crippen LogP contribution in [0.2, 0.25) is 0 Å². The van der Waals surface area contributed by atoms with E-state index in [4.69, 9.17) is 10.5 Å². The van der Waals surface area contributed by atoms with Crippen LogP contribution in [0.15, 0.2) is 54.6 Å². The lowest BCUT2D eigenvalue weighted by Gasteiger charge is -2.17. The monoisotopic (exact) mass is 368 g/mol. The van der Waals surface area contributed by atoms with Crippen LogP contribution in [0.3, 0.4) is 0 Å². The van der Waals surface area contributed by atoms with Crippen LogP contribution in [-0.2, 0) is 9.59 Å². The third kappa shape index (κ3) is 4.25. The van der Waals surface area contributed by atoms with Crippen LogP contribution in [0.5, 0.6) is 5.75 Å². The lowest BCUT2D eigenvalue weighted by atomic mass is 9.89. The number of hydrogen-bond donors (Lipinski definition) is 2. The van der Waals surface area contributed by atoms with E-state index >= 15 is 0 Å². The number of carbonyl (C=O) groups is 3. The maximum absolute atomic E-state index is 12.9. The molecule has 1 heterocycles. The Labute approximate surface area is 156 Å². The number of aliphatic carboxylic acids is 1. The van der Waals surface area contributed by atoms with Gasteiger partial charge in [-0.3, -0.25) is 14.4 Å². The molecule has 0 unspecified atom stereocenters. The Kier molecular flexibility index (Phi) is 5.40. The highest BCUT2D eigenvalue weighted by atomic mass is 16.5. The summed E-state index contributed by atoms with van der Waals surface area (Å²) in [6.07, 6.45) is 0. The lowest BCUT2D eigenvalue weighted by Crippen LogP contribution is -2.30. The Balaban J connectivity index is 1.78. The molecule has 27 heavy (non-hydrogen) atoms. The molecular formula is C20H20N2O5. The highest BCUT2D eigenvalue weighted by Gasteiger charge is 2.40. The van der Waals surface area contributed by atoms with Crippen LogP contribution < -0.4 is 10.5 Å². The summed E-state index contributed by atoms with van der Waals surface area (Å²) in [6.45, 7) is 0.185. The smallest absolute Gasteiger partial charge is 0.308 e. The van der Waals surface area contributed by atoms with E-state index in [-0.39, 0.29) is 25.0 Å². The van der Waals surface area contributed by atoms with Gasteiger partial charge in [0, 0.05) is 24.6 Å². The summed E-state index contributed by atoms with van der Waals surface area (Å²) in [5.41, 5.74) is 6.33. The molecule has 7 heteroatoms. The number of nitrogens with zero attached hydrogens (tertiary/aromatic N) is 1. The number of carboxylic acids is 1. The number of hydrogen-bond acceptors (Lipinski definition) is 4. The molecule has 3 rings (SSSR count). The van der Waals surface area contributed by atoms with Crippen LogP contribution in [0.25, 0.3) is 0 Å². The first kappa shape index (κ1) is 18.4. The molecule has 1 fully saturated rings. The molecule has 1 aliphatic rings. The largest absolute Gasteiger partial charge is 0.484 e. The van der Waals surface area contributed by atoms with Gasteiger partial charge in [0.15, 0.2) is 6.61 Å². The molecule has 2 amide bonds. The number of ether oxygens (including phenoxy) is 1. The molecule has 2 aromatic rings. The second-order valence-electron chi connectivity index (χ2n) is 6.45. The van der Waals surface area contributed by atoms with E-state index in [0.717, 1.165) is 5.56 Å². The third-order valence-corrected chi connectivity index (χ3v) is 4.61. The van der Waals surface area contributed by atoms with Crippen molar-refractivity contribution in [1.82, 2.24) is 4.90 Å². The van der Waals surface area contributed by atoms with Crippen molar-refractivity contribution >= 4 is 17.8 Å². The fraction of sp³-hybridized carbons (Fsp3) is 0.250. The summed E-state index contributed by atoms with van der Waals surface area (Å²) in [5.74, 6) is -2.37. The van der Waals surface area contributed by atoms with E-state index in [9.17, 15) is 19.5 Å². The van der Waals surface area contributed by atoms with Crippen molar-refractivity contribution in [3.63, 3.8) is 0 Å². The molecule has 140 valence electrons. The topological polar surface area (TPSA) is 110 Å². The van der Waals surface area contributed by atoms with Gasteiger partial charge < -0.3 is 20.5 Å². The second-order valence-corrected chi connectivity index (χ2v) is 6.45. The van der Waals surface area contributed by atoms with Gasteiger partial charge >= 0.3 is 5.97 Å². The zero-order valence-electron chi connectivity index (χ0n) is 14.6. The van der Waals surface area contributed by atoms with Gasteiger partial charge in [0.25, 0.3) is 11.8 Å². The van der Waals surface area contributed by atoms with Crippen LogP contribution in [-0.4, -0.2) is 47.5 Å². The minimum atomic E-state index is -0.919. The SMILES string of the molecule is NC(=O)COc1cccc(C(=O)N2C[C@@H](C(=O)O)[C@H](c3ccccc3)C2)c1. The average Bonchev–Trinajstić information content (AvgIpc) is 3.12. The lowest BCUT2D eigenvalue weighted by molar-refractivity contribution is -0.141. The number of nitrogens with two attached hydrogens (primary N) is 1. The first-order valence-corrected chi connectivity index (χ1v) is 8.54. The van der Waals surface area contributed by atoms with Gasteiger partial charge in [0.1, 0.15) is 5.75 Å². The van der Waals surface area contributed by atoms with Crippen molar-refractivity contribution in [3.05, 3.63) is 65.7 Å². The molecule has 1 aliphatic heterocycles. The Morgan fingerprint density at radius 1 is 1.07 bits per heavy atom. The predicted octanol–water partition coefficient (Wildman–Crippen LogP) is 1.49. The minimum Gasteiger partial charge on any atom is -0.484 e. The van der Waals surface area contributed by atoms with E-state index < -0.39 is 17.8 Å². The molecule has 2 atom stereocenters. The quantitative estimate of drug-likeness (QED) is 0.803. The molecule has 0 aliphatic carbocycles. The predicted molar refractivity (Wildman–Crippen MR) is 97.3 cm³/mol. The van der Waals surface area contributed by atoms with E-state index in [0.29, 0.717) is 17.9 Å². The van der Waals surface area contributed by atoms with E-state index in [1.807, 2.05) is 30.3 Å². The summed E-state index contributed by atoms with van der Waals surface area (Å²) in [6, 6.07) is 15.8. The first-order chi connectivity index (χ1) is 13.0. The molecule has 0 spiro atoms. The fourth-order valence-electron chi connectivity index (χ4n) is 3.31. The van der Waals surface area contributed by atoms with E-state index in [1.165, 1.54) is 6.07 Å². The van der Waals surface area contributed by atoms with Crippen LogP contribution >= 0.6 is 0 Å². The summed E-state index contributed by atoms with van der Waals surface area (Å²) in [5, 5.41) is 9.58. The third-order valence-electron chi connectivity index (χ3n) is 4.61. The van der Waals surface area contributed by atoms with Gasteiger partial charge in [0.2, 0.25) is 0 Å². The van der Waals surface area contributed by atoms with Crippen molar-refractivity contribution in [3.8, 4) is 5.75 Å². The molecule has 0 radical (unpaired) electrons. The summed E-state index contributed by atoms with van der Waals surface area (Å²) >= 11 is 0. The molecular weight excluding hydrogens is 348 g/mol. The minimum absolute atomic E-state index is 0.139. The first-order valence-electron chi connectivity index (χ1n) is 8.54. The highest BCUT2D eigenvalue weighted by Crippen LogP contribution is 2.33. The van der Waals surface area contributed by atoms with Gasteiger partial charge in [-0.2, -0.15) is 0 Å². The summed E-state index contributed by atoms with van der Waals surface area (Å²) in [7, 11) is 0. The Bertz CT molecular complexity index is 852. The number of amides is 2. The molecule has 3 N–H and O–H groups in total. The molecule has 1 saturated heterocycles. The van der Waals surface area contributed by atoms with Crippen molar-refractivity contribution in [1.29, 1.82) is 0 Å². The average molecular weight is 368 g/mol. The maximum Gasteiger partial charge on any atom is 0.308 e. The molecule has 7 nitrogen and oxygen atoms in total. The highest BCUT2D eigenvalue weighted by molar-refractivity contribution is 5.95. The summed E-state index contributed by atoms with van der Waals surface area (Å²) in [4.78, 5) is 36.9. The zero-order chi connectivity index (χ0) is 19.4. The normalized spacial score (nSPS) is 18.9. The van der Waals surface area contributed by atoms with Gasteiger partial charge in [-0.1, -0.05) is 36.4 Å². The van der Waals surface area contributed by atoms with E-state index in [1.54, 1.807) is 23.1 Å². The van der Waals surface area contributed by atoms with E-state index in [2.05, 4.69) is 0 Å². The van der Waals surface area contributed by atoms with Gasteiger partial charge in [-0.15, -0.1) is 0 Å². The molecule has 0 bridgehead atoms. The molecule has 0 saturated carbocycles. The Morgan fingerprint density at radius 2 is 1.81 bits per heavy atom. The maximum atomic E-state index is 12.9. The van der Waals surface area contributed by atoms with Crippen LogP contribution in [0.4, 0.5) is 0 Å². The number of carbonyl (C=O) groups excluding carboxylic acids is 2. The Morgan fingerprint density at radius 3 is 2.48 bits per heavy atom. The van der Waals surface area contributed by atoms with Crippen molar-refractivity contribution in [2.45, 2.75) is 5.92 Å². The van der Waals surface area contributed by atoms with Gasteiger partial charge in [-0.25, -0.2) is 0 Å². The van der Waals surface area contributed by atoms with Gasteiger partial charge in [-0.05, 0) is 23.8 Å². The number of primary amides is 1. The van der Waals surface area contributed by atoms with Crippen LogP contribution in [0.1, 0.15) is 21.8 Å². The number of carboxylic acid groups (broad SMARTS) is 1. The van der Waals surface area contributed by atoms with Crippen molar-refractivity contribution < 1.29 is 24.2 Å². The fourth-order valence-corrected chi connectivity index (χ4v) is 3.31. The van der Waals surface area contributed by atoms with Crippen molar-refractivity contribution in [2.24, 2.45) is 11.7 Å². The second kappa shape index (κ2) is 7.90. The number of rotatable bonds is 6. The summed E-state index contributed by atoms with van der Waals surface area (Å²) < 4.78 is 5.23. The number of benzene rings is 2. The zero-order valence-corrected chi connectivity index (χ0v) is 14.6. The van der Waals surface area contributed by atoms with Crippen LogP contribution in [0, 0.1) is 5.92 Å². The molecule has 2 aromatic carbocycles. The Hall–Kier alpha value is -3.35. The van der Waals surface area contributed by atoms with Crippen molar-refractivity contribution in [2.75, 3.05) is 19.7 Å². The standard InChI is InChI=1S/C20H20N2O5/c21-18(23)12-27-15-8-4-7-14(9-15)19(24)22-10-16(17(11-22)20(25)26)13-5-2-1-3-6-13/h1-9,16-17H,10-12H2,(H2,21,23)(H,25,26)/t16-,17+/m0/s1. The van der Waals surface area contributed by atoms with Gasteiger partial charge in [0.05, 0.1) is 5.92 Å². The molecule has 0 aromatic heterocycles.